The summed E-state index contributed by atoms with van der Waals surface area (Å²) < 4.78 is 31.1. The minimum Gasteiger partial charge on any atom is -0.462 e. The van der Waals surface area contributed by atoms with Gasteiger partial charge in [-0.1, -0.05) is 36.4 Å². The first-order valence-electron chi connectivity index (χ1n) is 15.7. The predicted molar refractivity (Wildman–Crippen MR) is 168 cm³/mol. The zero-order valence-corrected chi connectivity index (χ0v) is 27.2. The predicted octanol–water partition coefficient (Wildman–Crippen LogP) is 5.16. The lowest BCUT2D eigenvalue weighted by atomic mass is 10.2. The fourth-order valence-corrected chi connectivity index (χ4v) is 3.99. The molecule has 2 aromatic rings. The molecule has 2 aromatic carbocycles. The maximum Gasteiger partial charge on any atom is 0.338 e. The molecule has 0 spiro atoms. The summed E-state index contributed by atoms with van der Waals surface area (Å²) in [5.41, 5.74) is 0.817. The van der Waals surface area contributed by atoms with E-state index in [1.807, 2.05) is 0 Å². The Hall–Kier alpha value is -4.74. The fraction of sp³-hybridized carbons (Fsp3) is 0.486. The van der Waals surface area contributed by atoms with Gasteiger partial charge in [-0.05, 0) is 70.7 Å². The molecule has 0 bridgehead atoms. The molecule has 0 fully saturated rings. The molecular formula is C35H44O12. The SMILES string of the molecule is CC(COC(=O)CCCCC(=O)OC(C)COC(=O)c1ccccc1)OC(=O)CCCCC(=O)OCC(C)OC(=O)c1ccccc1. The topological polar surface area (TPSA) is 158 Å². The first-order chi connectivity index (χ1) is 22.5. The van der Waals surface area contributed by atoms with Gasteiger partial charge in [-0.15, -0.1) is 0 Å². The van der Waals surface area contributed by atoms with Gasteiger partial charge in [0, 0.05) is 25.7 Å². The van der Waals surface area contributed by atoms with Crippen LogP contribution in [0.25, 0.3) is 0 Å². The lowest BCUT2D eigenvalue weighted by Crippen LogP contribution is -2.23. The summed E-state index contributed by atoms with van der Waals surface area (Å²) in [4.78, 5) is 72.1. The molecule has 12 heteroatoms. The van der Waals surface area contributed by atoms with E-state index in [0.717, 1.165) is 0 Å². The van der Waals surface area contributed by atoms with Crippen LogP contribution in [0.2, 0.25) is 0 Å². The average molecular weight is 657 g/mol. The van der Waals surface area contributed by atoms with Gasteiger partial charge in [-0.3, -0.25) is 19.2 Å². The number of hydrogen-bond donors (Lipinski definition) is 0. The highest BCUT2D eigenvalue weighted by Gasteiger charge is 2.16. The van der Waals surface area contributed by atoms with Crippen LogP contribution in [0.4, 0.5) is 0 Å². The Balaban J connectivity index is 1.45. The first kappa shape index (κ1) is 38.4. The monoisotopic (exact) mass is 656 g/mol. The van der Waals surface area contributed by atoms with Crippen molar-refractivity contribution in [1.29, 1.82) is 0 Å². The molecule has 2 rings (SSSR count). The van der Waals surface area contributed by atoms with Gasteiger partial charge in [-0.2, -0.15) is 0 Å². The molecule has 0 radical (unpaired) electrons. The standard InChI is InChI=1S/C35H44O12/c1-25(45-32(38)20-12-11-19-31(37)43-23-27(3)47-35(41)29-16-8-5-9-17-29)22-42-30(36)18-10-13-21-33(39)46-26(2)24-44-34(40)28-14-6-4-7-15-28/h4-9,14-17,25-27H,10-13,18-24H2,1-3H3. The van der Waals surface area contributed by atoms with E-state index in [0.29, 0.717) is 36.8 Å². The third kappa shape index (κ3) is 17.5. The molecule has 47 heavy (non-hydrogen) atoms. The number of rotatable bonds is 21. The first-order valence-corrected chi connectivity index (χ1v) is 15.7. The Morgan fingerprint density at radius 3 is 1.21 bits per heavy atom. The van der Waals surface area contributed by atoms with Gasteiger partial charge >= 0.3 is 35.8 Å². The second kappa shape index (κ2) is 21.9. The van der Waals surface area contributed by atoms with E-state index >= 15 is 0 Å². The molecule has 0 heterocycles. The van der Waals surface area contributed by atoms with Crippen LogP contribution in [0.5, 0.6) is 0 Å². The number of ether oxygens (including phenoxy) is 6. The molecule has 12 nitrogen and oxygen atoms in total. The Kier molecular flexibility index (Phi) is 17.9. The van der Waals surface area contributed by atoms with Crippen molar-refractivity contribution >= 4 is 35.8 Å². The van der Waals surface area contributed by atoms with Crippen molar-refractivity contribution in [2.45, 2.75) is 90.4 Å². The summed E-state index contributed by atoms with van der Waals surface area (Å²) in [5, 5.41) is 0. The van der Waals surface area contributed by atoms with E-state index in [-0.39, 0.29) is 45.5 Å². The highest BCUT2D eigenvalue weighted by Crippen LogP contribution is 2.09. The second-order valence-electron chi connectivity index (χ2n) is 10.9. The van der Waals surface area contributed by atoms with Crippen LogP contribution in [-0.4, -0.2) is 73.9 Å². The van der Waals surface area contributed by atoms with Gasteiger partial charge in [0.25, 0.3) is 0 Å². The summed E-state index contributed by atoms with van der Waals surface area (Å²) in [6, 6.07) is 17.0. The molecule has 0 aliphatic heterocycles. The summed E-state index contributed by atoms with van der Waals surface area (Å²) in [6.07, 6.45) is 0.111. The third-order valence-corrected chi connectivity index (χ3v) is 6.42. The quantitative estimate of drug-likeness (QED) is 0.0989. The van der Waals surface area contributed by atoms with Crippen molar-refractivity contribution < 1.29 is 57.2 Å². The van der Waals surface area contributed by atoms with E-state index in [1.165, 1.54) is 0 Å². The van der Waals surface area contributed by atoms with E-state index in [1.54, 1.807) is 81.4 Å². The Morgan fingerprint density at radius 1 is 0.447 bits per heavy atom. The number of esters is 6. The average Bonchev–Trinajstić information content (AvgIpc) is 3.06. The molecule has 0 amide bonds. The molecular weight excluding hydrogens is 612 g/mol. The zero-order valence-electron chi connectivity index (χ0n) is 27.2. The lowest BCUT2D eigenvalue weighted by Gasteiger charge is -2.14. The Labute approximate surface area is 275 Å². The number of hydrogen-bond acceptors (Lipinski definition) is 12. The van der Waals surface area contributed by atoms with Gasteiger partial charge in [-0.25, -0.2) is 9.59 Å². The van der Waals surface area contributed by atoms with E-state index < -0.39 is 54.1 Å². The number of benzene rings is 2. The Bertz CT molecular complexity index is 1280. The highest BCUT2D eigenvalue weighted by atomic mass is 16.6. The van der Waals surface area contributed by atoms with Crippen molar-refractivity contribution in [2.24, 2.45) is 0 Å². The van der Waals surface area contributed by atoms with Crippen molar-refractivity contribution in [3.8, 4) is 0 Å². The van der Waals surface area contributed by atoms with E-state index in [9.17, 15) is 28.8 Å². The molecule has 0 aliphatic carbocycles. The maximum absolute atomic E-state index is 12.1. The van der Waals surface area contributed by atoms with Crippen LogP contribution in [-0.2, 0) is 47.6 Å². The highest BCUT2D eigenvalue weighted by molar-refractivity contribution is 5.89. The van der Waals surface area contributed by atoms with Crippen LogP contribution < -0.4 is 0 Å². The van der Waals surface area contributed by atoms with Gasteiger partial charge in [0.1, 0.15) is 38.1 Å². The van der Waals surface area contributed by atoms with Gasteiger partial charge in [0.05, 0.1) is 11.1 Å². The second-order valence-corrected chi connectivity index (χ2v) is 10.9. The van der Waals surface area contributed by atoms with Crippen LogP contribution in [0.3, 0.4) is 0 Å². The lowest BCUT2D eigenvalue weighted by molar-refractivity contribution is -0.158. The van der Waals surface area contributed by atoms with Crippen molar-refractivity contribution in [2.75, 3.05) is 19.8 Å². The fourth-order valence-electron chi connectivity index (χ4n) is 3.99. The molecule has 0 aliphatic rings. The summed E-state index contributed by atoms with van der Waals surface area (Å²) in [6.45, 7) is 4.60. The van der Waals surface area contributed by atoms with Crippen LogP contribution >= 0.6 is 0 Å². The largest absolute Gasteiger partial charge is 0.462 e. The zero-order chi connectivity index (χ0) is 34.4. The molecule has 0 N–H and O–H groups in total. The van der Waals surface area contributed by atoms with Crippen molar-refractivity contribution in [3.05, 3.63) is 71.8 Å². The smallest absolute Gasteiger partial charge is 0.338 e. The summed E-state index contributed by atoms with van der Waals surface area (Å²) >= 11 is 0. The van der Waals surface area contributed by atoms with E-state index in [2.05, 4.69) is 0 Å². The van der Waals surface area contributed by atoms with Crippen LogP contribution in [0.1, 0.15) is 92.9 Å². The van der Waals surface area contributed by atoms with Gasteiger partial charge < -0.3 is 28.4 Å². The minimum absolute atomic E-state index is 0.0696. The van der Waals surface area contributed by atoms with Gasteiger partial charge in [0.2, 0.25) is 0 Å². The molecule has 0 saturated heterocycles. The molecule has 3 unspecified atom stereocenters. The summed E-state index contributed by atoms with van der Waals surface area (Å²) in [5.74, 6) is -2.89. The van der Waals surface area contributed by atoms with Crippen LogP contribution in [0.15, 0.2) is 60.7 Å². The normalized spacial score (nSPS) is 12.5. The van der Waals surface area contributed by atoms with Crippen molar-refractivity contribution in [1.82, 2.24) is 0 Å². The molecule has 3 atom stereocenters. The number of carbonyl (C=O) groups is 6. The molecule has 0 aromatic heterocycles. The molecule has 0 saturated carbocycles. The van der Waals surface area contributed by atoms with E-state index in [4.69, 9.17) is 28.4 Å². The Morgan fingerprint density at radius 2 is 0.787 bits per heavy atom. The van der Waals surface area contributed by atoms with Gasteiger partial charge in [0.15, 0.2) is 0 Å². The number of unbranched alkanes of at least 4 members (excludes halogenated alkanes) is 2. The third-order valence-electron chi connectivity index (χ3n) is 6.42. The summed E-state index contributed by atoms with van der Waals surface area (Å²) in [7, 11) is 0. The van der Waals surface area contributed by atoms with Crippen LogP contribution in [0, 0.1) is 0 Å². The van der Waals surface area contributed by atoms with Crippen molar-refractivity contribution in [3.63, 3.8) is 0 Å². The maximum atomic E-state index is 12.1. The molecule has 256 valence electrons. The number of carbonyl (C=O) groups excluding carboxylic acids is 6. The minimum atomic E-state index is -0.649.